The lowest BCUT2D eigenvalue weighted by molar-refractivity contribution is -0.118. The molecule has 1 fully saturated rings. The zero-order valence-corrected chi connectivity index (χ0v) is 19.8. The minimum Gasteiger partial charge on any atom is -0.372 e. The predicted octanol–water partition coefficient (Wildman–Crippen LogP) is 3.23. The number of pyridine rings is 2. The van der Waals surface area contributed by atoms with Crippen molar-refractivity contribution in [1.29, 1.82) is 0 Å². The first-order valence-corrected chi connectivity index (χ1v) is 11.8. The van der Waals surface area contributed by atoms with Crippen LogP contribution in [0.1, 0.15) is 36.5 Å². The van der Waals surface area contributed by atoms with Gasteiger partial charge in [-0.2, -0.15) is 0 Å². The SMILES string of the molecule is CC(=O)NCCNc1cccc(-c2c[nH]c(=O)c(NC(=O)c3ccc(N4CCCCC4)cc3)c2)n1. The van der Waals surface area contributed by atoms with E-state index in [1.54, 1.807) is 24.4 Å². The highest BCUT2D eigenvalue weighted by Crippen LogP contribution is 2.22. The summed E-state index contributed by atoms with van der Waals surface area (Å²) in [5, 5.41) is 8.59. The number of rotatable bonds is 8. The van der Waals surface area contributed by atoms with Crippen molar-refractivity contribution in [3.05, 3.63) is 70.6 Å². The highest BCUT2D eigenvalue weighted by atomic mass is 16.2. The molecular formula is C26H30N6O3. The molecule has 4 N–H and O–H groups in total. The molecule has 2 amide bonds. The van der Waals surface area contributed by atoms with E-state index in [-0.39, 0.29) is 17.5 Å². The van der Waals surface area contributed by atoms with Crippen molar-refractivity contribution in [2.45, 2.75) is 26.2 Å². The first-order valence-electron chi connectivity index (χ1n) is 11.8. The average molecular weight is 475 g/mol. The number of hydrogen-bond acceptors (Lipinski definition) is 6. The maximum absolute atomic E-state index is 12.8. The Labute approximate surface area is 204 Å². The number of nitrogens with zero attached hydrogens (tertiary/aromatic N) is 2. The molecule has 1 aromatic carbocycles. The van der Waals surface area contributed by atoms with Crippen molar-refractivity contribution in [2.75, 3.05) is 41.7 Å². The molecule has 4 rings (SSSR count). The first kappa shape index (κ1) is 24.0. The summed E-state index contributed by atoms with van der Waals surface area (Å²) in [6.45, 7) is 4.55. The van der Waals surface area contributed by atoms with E-state index in [1.807, 2.05) is 30.3 Å². The third-order valence-corrected chi connectivity index (χ3v) is 5.85. The topological polar surface area (TPSA) is 119 Å². The fraction of sp³-hybridized carbons (Fsp3) is 0.308. The van der Waals surface area contributed by atoms with Crippen LogP contribution >= 0.6 is 0 Å². The van der Waals surface area contributed by atoms with Crippen LogP contribution in [0.25, 0.3) is 11.3 Å². The second kappa shape index (κ2) is 11.3. The number of aromatic amines is 1. The summed E-state index contributed by atoms with van der Waals surface area (Å²) in [6.07, 6.45) is 5.20. The van der Waals surface area contributed by atoms with Gasteiger partial charge in [0.15, 0.2) is 0 Å². The average Bonchev–Trinajstić information content (AvgIpc) is 2.88. The molecule has 0 radical (unpaired) electrons. The van der Waals surface area contributed by atoms with Crippen molar-refractivity contribution >= 4 is 29.0 Å². The van der Waals surface area contributed by atoms with Crippen LogP contribution in [0.2, 0.25) is 0 Å². The lowest BCUT2D eigenvalue weighted by Crippen LogP contribution is -2.29. The van der Waals surface area contributed by atoms with Gasteiger partial charge < -0.3 is 25.8 Å². The quantitative estimate of drug-likeness (QED) is 0.372. The van der Waals surface area contributed by atoms with E-state index in [9.17, 15) is 14.4 Å². The lowest BCUT2D eigenvalue weighted by Gasteiger charge is -2.28. The first-order chi connectivity index (χ1) is 17.0. The summed E-state index contributed by atoms with van der Waals surface area (Å²) in [5.74, 6) is 0.201. The van der Waals surface area contributed by atoms with Crippen LogP contribution in [0.4, 0.5) is 17.2 Å². The van der Waals surface area contributed by atoms with Gasteiger partial charge >= 0.3 is 0 Å². The van der Waals surface area contributed by atoms with Crippen molar-refractivity contribution < 1.29 is 9.59 Å². The molecule has 35 heavy (non-hydrogen) atoms. The number of carbonyl (C=O) groups is 2. The van der Waals surface area contributed by atoms with Gasteiger partial charge in [0.2, 0.25) is 5.91 Å². The zero-order valence-electron chi connectivity index (χ0n) is 19.8. The number of H-pyrrole nitrogens is 1. The maximum atomic E-state index is 12.8. The number of aromatic nitrogens is 2. The van der Waals surface area contributed by atoms with Crippen molar-refractivity contribution in [1.82, 2.24) is 15.3 Å². The molecule has 9 nitrogen and oxygen atoms in total. The number of hydrogen-bond donors (Lipinski definition) is 4. The van der Waals surface area contributed by atoms with Crippen LogP contribution in [-0.4, -0.2) is 48.0 Å². The fourth-order valence-corrected chi connectivity index (χ4v) is 4.02. The molecule has 0 bridgehead atoms. The van der Waals surface area contributed by atoms with Crippen LogP contribution in [0, 0.1) is 0 Å². The maximum Gasteiger partial charge on any atom is 0.271 e. The Bertz CT molecular complexity index is 1230. The van der Waals surface area contributed by atoms with Gasteiger partial charge in [-0.05, 0) is 61.7 Å². The molecule has 1 aliphatic rings. The Morgan fingerprint density at radius 2 is 1.80 bits per heavy atom. The molecule has 0 atom stereocenters. The van der Waals surface area contributed by atoms with Gasteiger partial charge in [-0.3, -0.25) is 14.4 Å². The highest BCUT2D eigenvalue weighted by molar-refractivity contribution is 6.04. The Morgan fingerprint density at radius 3 is 2.54 bits per heavy atom. The highest BCUT2D eigenvalue weighted by Gasteiger charge is 2.14. The van der Waals surface area contributed by atoms with E-state index in [4.69, 9.17) is 0 Å². The van der Waals surface area contributed by atoms with E-state index in [0.29, 0.717) is 35.7 Å². The minimum absolute atomic E-state index is 0.0886. The number of piperidine rings is 1. The largest absolute Gasteiger partial charge is 0.372 e. The van der Waals surface area contributed by atoms with E-state index in [1.165, 1.54) is 26.2 Å². The van der Waals surface area contributed by atoms with E-state index >= 15 is 0 Å². The Kier molecular flexibility index (Phi) is 7.77. The van der Waals surface area contributed by atoms with Crippen molar-refractivity contribution in [3.8, 4) is 11.3 Å². The second-order valence-corrected chi connectivity index (χ2v) is 8.50. The van der Waals surface area contributed by atoms with E-state index in [2.05, 4.69) is 30.8 Å². The molecule has 3 heterocycles. The van der Waals surface area contributed by atoms with Gasteiger partial charge in [-0.15, -0.1) is 0 Å². The van der Waals surface area contributed by atoms with Gasteiger partial charge in [0, 0.05) is 56.1 Å². The molecule has 1 aliphatic heterocycles. The summed E-state index contributed by atoms with van der Waals surface area (Å²) < 4.78 is 0. The number of anilines is 3. The third kappa shape index (κ3) is 6.47. The van der Waals surface area contributed by atoms with Gasteiger partial charge in [0.25, 0.3) is 11.5 Å². The van der Waals surface area contributed by atoms with E-state index in [0.717, 1.165) is 18.8 Å². The molecule has 182 valence electrons. The normalized spacial score (nSPS) is 13.2. The summed E-state index contributed by atoms with van der Waals surface area (Å²) in [6, 6.07) is 14.6. The predicted molar refractivity (Wildman–Crippen MR) is 138 cm³/mol. The lowest BCUT2D eigenvalue weighted by atomic mass is 10.1. The number of nitrogens with one attached hydrogen (secondary N) is 4. The molecule has 3 aromatic rings. The van der Waals surface area contributed by atoms with Gasteiger partial charge in [-0.1, -0.05) is 6.07 Å². The number of benzene rings is 1. The van der Waals surface area contributed by atoms with Crippen LogP contribution in [0.5, 0.6) is 0 Å². The van der Waals surface area contributed by atoms with Crippen molar-refractivity contribution in [2.24, 2.45) is 0 Å². The molecule has 1 saturated heterocycles. The summed E-state index contributed by atoms with van der Waals surface area (Å²) in [7, 11) is 0. The van der Waals surface area contributed by atoms with Crippen LogP contribution in [0.3, 0.4) is 0 Å². The van der Waals surface area contributed by atoms with Crippen LogP contribution in [-0.2, 0) is 4.79 Å². The zero-order chi connectivity index (χ0) is 24.6. The number of amides is 2. The van der Waals surface area contributed by atoms with Gasteiger partial charge in [-0.25, -0.2) is 4.98 Å². The van der Waals surface area contributed by atoms with E-state index < -0.39 is 5.56 Å². The molecule has 0 aliphatic carbocycles. The smallest absolute Gasteiger partial charge is 0.271 e. The second-order valence-electron chi connectivity index (χ2n) is 8.50. The van der Waals surface area contributed by atoms with Gasteiger partial charge in [0.05, 0.1) is 5.69 Å². The summed E-state index contributed by atoms with van der Waals surface area (Å²) in [4.78, 5) is 45.7. The van der Waals surface area contributed by atoms with Crippen molar-refractivity contribution in [3.63, 3.8) is 0 Å². The summed E-state index contributed by atoms with van der Waals surface area (Å²) >= 11 is 0. The minimum atomic E-state index is -0.392. The Balaban J connectivity index is 1.44. The van der Waals surface area contributed by atoms with Gasteiger partial charge in [0.1, 0.15) is 11.5 Å². The third-order valence-electron chi connectivity index (χ3n) is 5.85. The monoisotopic (exact) mass is 474 g/mol. The number of carbonyl (C=O) groups excluding carboxylic acids is 2. The summed E-state index contributed by atoms with van der Waals surface area (Å²) in [5.41, 5.74) is 2.64. The molecule has 0 saturated carbocycles. The standard InChI is InChI=1S/C26H30N6O3/c1-18(33)27-12-13-28-24-7-5-6-22(30-24)20-16-23(26(35)29-17-20)31-25(34)19-8-10-21(11-9-19)32-14-3-2-4-15-32/h5-11,16-17H,2-4,12-15H2,1H3,(H,27,33)(H,28,30)(H,29,35)(H,31,34). The molecular weight excluding hydrogens is 444 g/mol. The Morgan fingerprint density at radius 1 is 1.03 bits per heavy atom. The fourth-order valence-electron chi connectivity index (χ4n) is 4.02. The molecule has 0 unspecified atom stereocenters. The molecule has 9 heteroatoms. The van der Waals surface area contributed by atoms with Crippen LogP contribution < -0.4 is 26.4 Å². The Hall–Kier alpha value is -4.14. The molecule has 2 aromatic heterocycles. The molecule has 0 spiro atoms. The van der Waals surface area contributed by atoms with Crippen LogP contribution in [0.15, 0.2) is 59.5 Å².